The molecule has 0 saturated heterocycles. The molecule has 0 spiro atoms. The van der Waals surface area contributed by atoms with Gasteiger partial charge in [-0.2, -0.15) is 5.10 Å². The molecule has 1 aromatic heterocycles. The van der Waals surface area contributed by atoms with Crippen LogP contribution in [0.3, 0.4) is 0 Å². The molecule has 1 heterocycles. The highest BCUT2D eigenvalue weighted by Gasteiger charge is 2.51. The Morgan fingerprint density at radius 1 is 1.11 bits per heavy atom. The molecule has 154 valence electrons. The normalized spacial score (nSPS) is 31.6. The van der Waals surface area contributed by atoms with E-state index in [-0.39, 0.29) is 23.1 Å². The third-order valence-electron chi connectivity index (χ3n) is 7.64. The molecule has 0 aromatic carbocycles. The van der Waals surface area contributed by atoms with Crippen molar-refractivity contribution in [1.29, 1.82) is 0 Å². The Kier molecular flexibility index (Phi) is 5.00. The van der Waals surface area contributed by atoms with E-state index >= 15 is 0 Å². The van der Waals surface area contributed by atoms with Gasteiger partial charge in [0, 0.05) is 25.1 Å². The van der Waals surface area contributed by atoms with E-state index in [9.17, 15) is 9.59 Å². The van der Waals surface area contributed by atoms with Crippen LogP contribution in [0.1, 0.15) is 68.8 Å². The molecule has 5 rings (SSSR count). The number of rotatable bonds is 5. The SMILES string of the molecule is Cc1nn(C)c(C)c1C[C@@H](C)C(=O)NNC(=O)CC12CC3CC(CC(C3)C1)C2. The molecule has 0 aliphatic heterocycles. The van der Waals surface area contributed by atoms with Gasteiger partial charge < -0.3 is 0 Å². The highest BCUT2D eigenvalue weighted by Crippen LogP contribution is 2.61. The van der Waals surface area contributed by atoms with Crippen molar-refractivity contribution < 1.29 is 9.59 Å². The topological polar surface area (TPSA) is 76.0 Å². The number of hydrogen-bond donors (Lipinski definition) is 2. The Morgan fingerprint density at radius 3 is 2.18 bits per heavy atom. The molecule has 6 heteroatoms. The summed E-state index contributed by atoms with van der Waals surface area (Å²) in [6.07, 6.45) is 8.93. The van der Waals surface area contributed by atoms with Gasteiger partial charge in [0.25, 0.3) is 0 Å². The number of nitrogens with zero attached hydrogens (tertiary/aromatic N) is 2. The number of carbonyl (C=O) groups excluding carboxylic acids is 2. The van der Waals surface area contributed by atoms with Crippen LogP contribution >= 0.6 is 0 Å². The van der Waals surface area contributed by atoms with Gasteiger partial charge >= 0.3 is 0 Å². The van der Waals surface area contributed by atoms with E-state index in [0.29, 0.717) is 12.8 Å². The summed E-state index contributed by atoms with van der Waals surface area (Å²) in [6.45, 7) is 5.89. The lowest BCUT2D eigenvalue weighted by molar-refractivity contribution is -0.135. The summed E-state index contributed by atoms with van der Waals surface area (Å²) in [5.74, 6) is 2.11. The number of nitrogens with one attached hydrogen (secondary N) is 2. The molecule has 0 unspecified atom stereocenters. The first-order valence-electron chi connectivity index (χ1n) is 10.8. The summed E-state index contributed by atoms with van der Waals surface area (Å²) in [5, 5.41) is 4.42. The monoisotopic (exact) mass is 386 g/mol. The Labute approximate surface area is 167 Å². The van der Waals surface area contributed by atoms with Crippen LogP contribution in [0.15, 0.2) is 0 Å². The van der Waals surface area contributed by atoms with E-state index in [4.69, 9.17) is 0 Å². The smallest absolute Gasteiger partial charge is 0.241 e. The van der Waals surface area contributed by atoms with Gasteiger partial charge in [0.05, 0.1) is 5.69 Å². The molecule has 1 aromatic rings. The number of amides is 2. The summed E-state index contributed by atoms with van der Waals surface area (Å²) >= 11 is 0. The molecule has 4 aliphatic rings. The van der Waals surface area contributed by atoms with Gasteiger partial charge in [-0.25, -0.2) is 0 Å². The van der Waals surface area contributed by atoms with Crippen molar-refractivity contribution in [2.45, 2.75) is 72.1 Å². The summed E-state index contributed by atoms with van der Waals surface area (Å²) in [6, 6.07) is 0. The molecule has 1 atom stereocenters. The Balaban J connectivity index is 1.28. The van der Waals surface area contributed by atoms with Crippen molar-refractivity contribution in [3.63, 3.8) is 0 Å². The number of aromatic nitrogens is 2. The van der Waals surface area contributed by atoms with Crippen molar-refractivity contribution in [3.8, 4) is 0 Å². The second kappa shape index (κ2) is 7.20. The minimum atomic E-state index is -0.221. The van der Waals surface area contributed by atoms with Crippen LogP contribution in [0.4, 0.5) is 0 Å². The molecule has 4 aliphatic carbocycles. The highest BCUT2D eigenvalue weighted by molar-refractivity contribution is 5.83. The van der Waals surface area contributed by atoms with E-state index in [2.05, 4.69) is 16.0 Å². The molecule has 4 bridgehead atoms. The predicted octanol–water partition coefficient (Wildman–Crippen LogP) is 2.97. The number of hydrazine groups is 1. The summed E-state index contributed by atoms with van der Waals surface area (Å²) in [7, 11) is 1.92. The van der Waals surface area contributed by atoms with Crippen molar-refractivity contribution >= 4 is 11.8 Å². The zero-order valence-electron chi connectivity index (χ0n) is 17.7. The van der Waals surface area contributed by atoms with Gasteiger partial charge in [0.15, 0.2) is 0 Å². The molecule has 0 radical (unpaired) electrons. The van der Waals surface area contributed by atoms with E-state index in [1.54, 1.807) is 0 Å². The van der Waals surface area contributed by atoms with E-state index in [1.807, 2.05) is 32.5 Å². The van der Waals surface area contributed by atoms with Crippen molar-refractivity contribution in [2.24, 2.45) is 36.1 Å². The quantitative estimate of drug-likeness (QED) is 0.764. The lowest BCUT2D eigenvalue weighted by Gasteiger charge is -2.56. The van der Waals surface area contributed by atoms with Crippen LogP contribution in [0.2, 0.25) is 0 Å². The average Bonchev–Trinajstić information content (AvgIpc) is 2.84. The largest absolute Gasteiger partial charge is 0.273 e. The first-order chi connectivity index (χ1) is 13.2. The van der Waals surface area contributed by atoms with Crippen LogP contribution < -0.4 is 10.9 Å². The second-order valence-electron chi connectivity index (χ2n) is 10.0. The number of hydrogen-bond acceptors (Lipinski definition) is 3. The fraction of sp³-hybridized carbons (Fsp3) is 0.773. The van der Waals surface area contributed by atoms with Gasteiger partial charge in [0.2, 0.25) is 11.8 Å². The molecule has 2 N–H and O–H groups in total. The fourth-order valence-electron chi connectivity index (χ4n) is 6.66. The highest BCUT2D eigenvalue weighted by atomic mass is 16.2. The minimum absolute atomic E-state index is 0.0313. The molecule has 4 saturated carbocycles. The van der Waals surface area contributed by atoms with Crippen LogP contribution in [0.25, 0.3) is 0 Å². The third kappa shape index (κ3) is 3.70. The number of carbonyl (C=O) groups is 2. The zero-order chi connectivity index (χ0) is 20.1. The van der Waals surface area contributed by atoms with Gasteiger partial charge in [-0.05, 0) is 87.5 Å². The second-order valence-corrected chi connectivity index (χ2v) is 10.0. The summed E-state index contributed by atoms with van der Waals surface area (Å²) in [4.78, 5) is 25.1. The van der Waals surface area contributed by atoms with E-state index in [0.717, 1.165) is 34.7 Å². The van der Waals surface area contributed by atoms with Crippen LogP contribution in [0.5, 0.6) is 0 Å². The van der Waals surface area contributed by atoms with Crippen molar-refractivity contribution in [1.82, 2.24) is 20.6 Å². The van der Waals surface area contributed by atoms with E-state index < -0.39 is 0 Å². The maximum absolute atomic E-state index is 12.6. The molecule has 28 heavy (non-hydrogen) atoms. The first-order valence-corrected chi connectivity index (χ1v) is 10.8. The average molecular weight is 387 g/mol. The van der Waals surface area contributed by atoms with Crippen LogP contribution in [0, 0.1) is 42.9 Å². The number of aryl methyl sites for hydroxylation is 2. The van der Waals surface area contributed by atoms with Gasteiger partial charge in [0.1, 0.15) is 0 Å². The van der Waals surface area contributed by atoms with E-state index in [1.165, 1.54) is 38.5 Å². The lowest BCUT2D eigenvalue weighted by atomic mass is 9.49. The molecular weight excluding hydrogens is 352 g/mol. The maximum Gasteiger partial charge on any atom is 0.241 e. The van der Waals surface area contributed by atoms with Crippen LogP contribution in [-0.4, -0.2) is 21.6 Å². The van der Waals surface area contributed by atoms with Crippen molar-refractivity contribution in [3.05, 3.63) is 17.0 Å². The Bertz CT molecular complexity index is 746. The standard InChI is InChI=1S/C22H34N4O2/c1-13(5-19-14(2)25-26(4)15(19)3)21(28)24-23-20(27)12-22-9-16-6-17(10-22)8-18(7-16)11-22/h13,16-18H,5-12H2,1-4H3,(H,23,27)(H,24,28)/t13-,16?,17?,18?,22?/m1/s1. The fourth-order valence-corrected chi connectivity index (χ4v) is 6.66. The van der Waals surface area contributed by atoms with Gasteiger partial charge in [-0.15, -0.1) is 0 Å². The minimum Gasteiger partial charge on any atom is -0.273 e. The summed E-state index contributed by atoms with van der Waals surface area (Å²) in [5.41, 5.74) is 8.72. The zero-order valence-corrected chi connectivity index (χ0v) is 17.7. The van der Waals surface area contributed by atoms with Gasteiger partial charge in [-0.1, -0.05) is 6.92 Å². The van der Waals surface area contributed by atoms with Crippen LogP contribution in [-0.2, 0) is 23.1 Å². The summed E-state index contributed by atoms with van der Waals surface area (Å²) < 4.78 is 1.85. The third-order valence-corrected chi connectivity index (χ3v) is 7.64. The van der Waals surface area contributed by atoms with Gasteiger partial charge in [-0.3, -0.25) is 25.1 Å². The lowest BCUT2D eigenvalue weighted by Crippen LogP contribution is -2.50. The molecule has 6 nitrogen and oxygen atoms in total. The predicted molar refractivity (Wildman–Crippen MR) is 107 cm³/mol. The molecule has 4 fully saturated rings. The molecular formula is C22H34N4O2. The van der Waals surface area contributed by atoms with Crippen molar-refractivity contribution in [2.75, 3.05) is 0 Å². The maximum atomic E-state index is 12.6. The molecule has 2 amide bonds. The Morgan fingerprint density at radius 2 is 1.68 bits per heavy atom. The first kappa shape index (κ1) is 19.5. The Hall–Kier alpha value is -1.85.